The molecule has 2 saturated heterocycles. The topological polar surface area (TPSA) is 32.3 Å². The van der Waals surface area contributed by atoms with Gasteiger partial charge < -0.3 is 10.2 Å². The fraction of sp³-hybridized carbons (Fsp3) is 0.909. The van der Waals surface area contributed by atoms with Crippen molar-refractivity contribution in [1.82, 2.24) is 10.2 Å². The zero-order chi connectivity index (χ0) is 10.7. The van der Waals surface area contributed by atoms with Crippen LogP contribution in [-0.4, -0.2) is 48.0 Å². The molecule has 2 rings (SSSR count). The normalized spacial score (nSPS) is 23.9. The quantitative estimate of drug-likeness (QED) is 0.777. The first-order chi connectivity index (χ1) is 7.27. The van der Waals surface area contributed by atoms with Crippen LogP contribution in [0.15, 0.2) is 0 Å². The van der Waals surface area contributed by atoms with Crippen LogP contribution in [-0.2, 0) is 4.79 Å². The molecule has 2 fully saturated rings. The molecule has 1 unspecified atom stereocenters. The van der Waals surface area contributed by atoms with Gasteiger partial charge in [0.1, 0.15) is 0 Å². The van der Waals surface area contributed by atoms with Crippen LogP contribution in [0.1, 0.15) is 19.8 Å². The highest BCUT2D eigenvalue weighted by molar-refractivity contribution is 8.00. The summed E-state index contributed by atoms with van der Waals surface area (Å²) in [6, 6.07) is 0. The number of likely N-dealkylation sites (tertiary alicyclic amines) is 1. The molecule has 0 aliphatic carbocycles. The van der Waals surface area contributed by atoms with Crippen molar-refractivity contribution >= 4 is 17.7 Å². The second-order valence-electron chi connectivity index (χ2n) is 4.53. The highest BCUT2D eigenvalue weighted by Gasteiger charge is 2.25. The number of amides is 1. The summed E-state index contributed by atoms with van der Waals surface area (Å²) in [6.45, 7) is 6.29. The predicted octanol–water partition coefficient (Wildman–Crippen LogP) is 0.950. The van der Waals surface area contributed by atoms with Crippen LogP contribution in [0.5, 0.6) is 0 Å². The maximum atomic E-state index is 12.0. The lowest BCUT2D eigenvalue weighted by molar-refractivity contribution is -0.129. The van der Waals surface area contributed by atoms with Crippen LogP contribution in [0.3, 0.4) is 0 Å². The molecule has 4 heteroatoms. The molecule has 1 amide bonds. The lowest BCUT2D eigenvalue weighted by Gasteiger charge is -2.28. The Morgan fingerprint density at radius 2 is 2.13 bits per heavy atom. The number of carbonyl (C=O) groups is 1. The van der Waals surface area contributed by atoms with Crippen molar-refractivity contribution in [2.75, 3.05) is 31.9 Å². The molecule has 3 nitrogen and oxygen atoms in total. The second-order valence-corrected chi connectivity index (χ2v) is 5.91. The Kier molecular flexibility index (Phi) is 3.92. The van der Waals surface area contributed by atoms with Crippen molar-refractivity contribution in [2.24, 2.45) is 5.92 Å². The van der Waals surface area contributed by atoms with Crippen LogP contribution < -0.4 is 5.32 Å². The van der Waals surface area contributed by atoms with Gasteiger partial charge in [-0.1, -0.05) is 0 Å². The molecule has 0 spiro atoms. The monoisotopic (exact) mass is 228 g/mol. The summed E-state index contributed by atoms with van der Waals surface area (Å²) in [5.74, 6) is 2.28. The summed E-state index contributed by atoms with van der Waals surface area (Å²) in [4.78, 5) is 14.0. The van der Waals surface area contributed by atoms with E-state index in [0.29, 0.717) is 5.91 Å². The Bertz CT molecular complexity index is 225. The summed E-state index contributed by atoms with van der Waals surface area (Å²) < 4.78 is 0. The van der Waals surface area contributed by atoms with Gasteiger partial charge in [-0.25, -0.2) is 0 Å². The number of nitrogens with zero attached hydrogens (tertiary/aromatic N) is 1. The van der Waals surface area contributed by atoms with E-state index in [1.807, 2.05) is 16.7 Å². The van der Waals surface area contributed by atoms with Crippen molar-refractivity contribution in [2.45, 2.75) is 25.0 Å². The summed E-state index contributed by atoms with van der Waals surface area (Å²) >= 11 is 1.82. The Labute approximate surface area is 96.0 Å². The minimum atomic E-state index is 0.156. The molecule has 0 bridgehead atoms. The number of carbonyl (C=O) groups excluding carboxylic acids is 1. The van der Waals surface area contributed by atoms with Gasteiger partial charge in [0.05, 0.1) is 5.25 Å². The Balaban J connectivity index is 1.68. The number of rotatable bonds is 4. The maximum absolute atomic E-state index is 12.0. The number of nitrogens with one attached hydrogen (secondary N) is 1. The number of thioether (sulfide) groups is 1. The standard InChI is InChI=1S/C11H20N2OS/c1-9(15-8-10-6-12-7-10)11(14)13-4-2-3-5-13/h9-10,12H,2-8H2,1H3. The molecule has 86 valence electrons. The first-order valence-corrected chi connectivity index (χ1v) is 6.93. The van der Waals surface area contributed by atoms with E-state index in [0.717, 1.165) is 37.8 Å². The third kappa shape index (κ3) is 2.88. The smallest absolute Gasteiger partial charge is 0.235 e. The Hall–Kier alpha value is -0.220. The molecule has 15 heavy (non-hydrogen) atoms. The summed E-state index contributed by atoms with van der Waals surface area (Å²) in [5, 5.41) is 3.42. The van der Waals surface area contributed by atoms with E-state index in [1.54, 1.807) is 0 Å². The van der Waals surface area contributed by atoms with Crippen molar-refractivity contribution in [3.05, 3.63) is 0 Å². The van der Waals surface area contributed by atoms with Crippen LogP contribution in [0.2, 0.25) is 0 Å². The van der Waals surface area contributed by atoms with Gasteiger partial charge in [-0.2, -0.15) is 0 Å². The van der Waals surface area contributed by atoms with E-state index in [2.05, 4.69) is 12.2 Å². The van der Waals surface area contributed by atoms with Gasteiger partial charge in [0.2, 0.25) is 5.91 Å². The molecule has 0 aromatic heterocycles. The SMILES string of the molecule is CC(SCC1CNC1)C(=O)N1CCCC1. The lowest BCUT2D eigenvalue weighted by Crippen LogP contribution is -2.44. The molecule has 1 atom stereocenters. The average molecular weight is 228 g/mol. The minimum Gasteiger partial charge on any atom is -0.342 e. The fourth-order valence-corrected chi connectivity index (χ4v) is 3.10. The maximum Gasteiger partial charge on any atom is 0.235 e. The summed E-state index contributed by atoms with van der Waals surface area (Å²) in [7, 11) is 0. The van der Waals surface area contributed by atoms with E-state index in [4.69, 9.17) is 0 Å². The lowest BCUT2D eigenvalue weighted by atomic mass is 10.1. The fourth-order valence-electron chi connectivity index (χ4n) is 2.01. The van der Waals surface area contributed by atoms with Gasteiger partial charge in [-0.3, -0.25) is 4.79 Å². The van der Waals surface area contributed by atoms with Crippen molar-refractivity contribution in [3.63, 3.8) is 0 Å². The zero-order valence-electron chi connectivity index (χ0n) is 9.37. The molecule has 0 aromatic carbocycles. The van der Waals surface area contributed by atoms with Gasteiger partial charge in [0, 0.05) is 13.1 Å². The third-order valence-corrected chi connectivity index (χ3v) is 4.58. The van der Waals surface area contributed by atoms with Gasteiger partial charge in [-0.05, 0) is 44.5 Å². The largest absolute Gasteiger partial charge is 0.342 e. The minimum absolute atomic E-state index is 0.156. The molecule has 0 saturated carbocycles. The van der Waals surface area contributed by atoms with Gasteiger partial charge in [0.25, 0.3) is 0 Å². The Morgan fingerprint density at radius 1 is 1.47 bits per heavy atom. The zero-order valence-corrected chi connectivity index (χ0v) is 10.2. The molecule has 2 aliphatic rings. The van der Waals surface area contributed by atoms with Crippen LogP contribution in [0.25, 0.3) is 0 Å². The second kappa shape index (κ2) is 5.21. The molecular formula is C11H20N2OS. The van der Waals surface area contributed by atoms with Crippen molar-refractivity contribution < 1.29 is 4.79 Å². The summed E-state index contributed by atoms with van der Waals surface area (Å²) in [6.07, 6.45) is 2.38. The number of hydrogen-bond acceptors (Lipinski definition) is 3. The molecule has 2 aliphatic heterocycles. The molecule has 0 radical (unpaired) electrons. The molecule has 1 N–H and O–H groups in total. The highest BCUT2D eigenvalue weighted by Crippen LogP contribution is 2.20. The van der Waals surface area contributed by atoms with Gasteiger partial charge in [-0.15, -0.1) is 11.8 Å². The summed E-state index contributed by atoms with van der Waals surface area (Å²) in [5.41, 5.74) is 0. The first kappa shape index (κ1) is 11.3. The first-order valence-electron chi connectivity index (χ1n) is 5.88. The van der Waals surface area contributed by atoms with Crippen LogP contribution in [0.4, 0.5) is 0 Å². The van der Waals surface area contributed by atoms with E-state index in [-0.39, 0.29) is 5.25 Å². The van der Waals surface area contributed by atoms with Gasteiger partial charge >= 0.3 is 0 Å². The van der Waals surface area contributed by atoms with E-state index >= 15 is 0 Å². The van der Waals surface area contributed by atoms with Crippen LogP contribution in [0, 0.1) is 5.92 Å². The molecule has 0 aromatic rings. The van der Waals surface area contributed by atoms with E-state index in [1.165, 1.54) is 12.8 Å². The number of hydrogen-bond donors (Lipinski definition) is 1. The molecule has 2 heterocycles. The van der Waals surface area contributed by atoms with Crippen molar-refractivity contribution in [1.29, 1.82) is 0 Å². The highest BCUT2D eigenvalue weighted by atomic mass is 32.2. The van der Waals surface area contributed by atoms with E-state index in [9.17, 15) is 4.79 Å². The van der Waals surface area contributed by atoms with Gasteiger partial charge in [0.15, 0.2) is 0 Å². The molecular weight excluding hydrogens is 208 g/mol. The Morgan fingerprint density at radius 3 is 2.67 bits per heavy atom. The predicted molar refractivity (Wildman–Crippen MR) is 64.1 cm³/mol. The van der Waals surface area contributed by atoms with Crippen molar-refractivity contribution in [3.8, 4) is 0 Å². The van der Waals surface area contributed by atoms with Crippen LogP contribution >= 0.6 is 11.8 Å². The van der Waals surface area contributed by atoms with E-state index < -0.39 is 0 Å². The third-order valence-electron chi connectivity index (χ3n) is 3.21. The average Bonchev–Trinajstić information content (AvgIpc) is 2.66.